The summed E-state index contributed by atoms with van der Waals surface area (Å²) in [6.45, 7) is 1.99. The fraction of sp³-hybridized carbons (Fsp3) is 0.115. The fourth-order valence-electron chi connectivity index (χ4n) is 4.51. The van der Waals surface area contributed by atoms with Crippen molar-refractivity contribution in [3.05, 3.63) is 88.6 Å². The van der Waals surface area contributed by atoms with Crippen molar-refractivity contribution in [3.8, 4) is 11.1 Å². The van der Waals surface area contributed by atoms with Crippen molar-refractivity contribution in [3.63, 3.8) is 0 Å². The summed E-state index contributed by atoms with van der Waals surface area (Å²) in [7, 11) is 0. The van der Waals surface area contributed by atoms with Gasteiger partial charge in [-0.15, -0.1) is 0 Å². The summed E-state index contributed by atoms with van der Waals surface area (Å²) in [5.74, 6) is 0.307. The SMILES string of the molecule is CC(c1oc2ccccc2c(=O)c1-c1cccc(F)c1)n1nc(N2C=C(O)C=NC2)c2c(N)ncnc21. The van der Waals surface area contributed by atoms with Crippen LogP contribution in [-0.2, 0) is 0 Å². The fourth-order valence-corrected chi connectivity index (χ4v) is 4.51. The Hall–Kier alpha value is -5.06. The van der Waals surface area contributed by atoms with Crippen LogP contribution in [0.4, 0.5) is 16.0 Å². The topological polar surface area (TPSA) is 136 Å². The van der Waals surface area contributed by atoms with E-state index in [1.54, 1.807) is 52.9 Å². The molecule has 6 rings (SSSR count). The number of aliphatic hydroxyl groups excluding tert-OH is 1. The molecule has 0 saturated heterocycles. The standard InChI is InChI=1S/C26H20FN7O3/c1-14(34-25-21(24(28)30-12-31-25)26(32-34)33-11-17(35)10-29-13-33)23-20(15-5-4-6-16(27)9-15)22(36)18-7-2-3-8-19(18)37-23/h2-12,14,35H,13H2,1H3,(H2,28,30,31). The van der Waals surface area contributed by atoms with Gasteiger partial charge in [0.25, 0.3) is 0 Å². The van der Waals surface area contributed by atoms with E-state index in [1.807, 2.05) is 0 Å². The smallest absolute Gasteiger partial charge is 0.200 e. The van der Waals surface area contributed by atoms with Crippen molar-refractivity contribution in [1.82, 2.24) is 19.7 Å². The molecule has 10 nitrogen and oxygen atoms in total. The average Bonchev–Trinajstić information content (AvgIpc) is 3.29. The van der Waals surface area contributed by atoms with E-state index in [4.69, 9.17) is 15.2 Å². The van der Waals surface area contributed by atoms with Crippen molar-refractivity contribution < 1.29 is 13.9 Å². The van der Waals surface area contributed by atoms with E-state index < -0.39 is 11.9 Å². The number of aliphatic imine (C=N–C) groups is 1. The number of hydrogen-bond donors (Lipinski definition) is 2. The molecule has 0 saturated carbocycles. The van der Waals surface area contributed by atoms with E-state index in [0.717, 1.165) is 0 Å². The highest BCUT2D eigenvalue weighted by molar-refractivity contribution is 5.97. The highest BCUT2D eigenvalue weighted by Gasteiger charge is 2.28. The Bertz CT molecular complexity index is 1810. The second-order valence-corrected chi connectivity index (χ2v) is 8.56. The molecule has 5 aromatic rings. The first-order valence-corrected chi connectivity index (χ1v) is 11.4. The Morgan fingerprint density at radius 3 is 2.81 bits per heavy atom. The van der Waals surface area contributed by atoms with E-state index in [0.29, 0.717) is 33.4 Å². The van der Waals surface area contributed by atoms with E-state index in [-0.39, 0.29) is 35.0 Å². The maximum Gasteiger partial charge on any atom is 0.200 e. The predicted octanol–water partition coefficient (Wildman–Crippen LogP) is 4.18. The number of aromatic nitrogens is 4. The number of nitrogen functional groups attached to an aromatic ring is 1. The molecule has 4 heterocycles. The molecule has 37 heavy (non-hydrogen) atoms. The Labute approximate surface area is 208 Å². The normalized spacial score (nSPS) is 14.3. The molecule has 11 heteroatoms. The maximum absolute atomic E-state index is 14.2. The minimum atomic E-state index is -0.674. The Morgan fingerprint density at radius 1 is 1.16 bits per heavy atom. The van der Waals surface area contributed by atoms with E-state index in [2.05, 4.69) is 15.0 Å². The van der Waals surface area contributed by atoms with E-state index in [9.17, 15) is 14.3 Å². The van der Waals surface area contributed by atoms with Crippen LogP contribution in [0.1, 0.15) is 18.7 Å². The Balaban J connectivity index is 1.62. The Morgan fingerprint density at radius 2 is 2.00 bits per heavy atom. The van der Waals surface area contributed by atoms with Gasteiger partial charge in [0.15, 0.2) is 11.5 Å². The van der Waals surface area contributed by atoms with Gasteiger partial charge in [-0.05, 0) is 36.8 Å². The number of benzene rings is 2. The summed E-state index contributed by atoms with van der Waals surface area (Å²) in [5, 5.41) is 15.6. The van der Waals surface area contributed by atoms with Crippen LogP contribution in [0.3, 0.4) is 0 Å². The first-order chi connectivity index (χ1) is 17.9. The molecule has 3 N–H and O–H groups in total. The van der Waals surface area contributed by atoms with Crippen LogP contribution >= 0.6 is 0 Å². The van der Waals surface area contributed by atoms with Gasteiger partial charge in [-0.1, -0.05) is 24.3 Å². The summed E-state index contributed by atoms with van der Waals surface area (Å²) < 4.78 is 22.1. The molecule has 0 radical (unpaired) electrons. The third-order valence-corrected chi connectivity index (χ3v) is 6.20. The predicted molar refractivity (Wildman–Crippen MR) is 138 cm³/mol. The molecule has 1 unspecified atom stereocenters. The highest BCUT2D eigenvalue weighted by Crippen LogP contribution is 2.36. The van der Waals surface area contributed by atoms with Crippen LogP contribution in [0.2, 0.25) is 0 Å². The summed E-state index contributed by atoms with van der Waals surface area (Å²) in [6, 6.07) is 12.0. The molecule has 1 atom stereocenters. The molecule has 0 amide bonds. The highest BCUT2D eigenvalue weighted by atomic mass is 19.1. The van der Waals surface area contributed by atoms with Crippen LogP contribution in [-0.4, -0.2) is 37.7 Å². The number of para-hydroxylation sites is 1. The monoisotopic (exact) mass is 497 g/mol. The first kappa shape index (κ1) is 22.4. The van der Waals surface area contributed by atoms with E-state index >= 15 is 0 Å². The van der Waals surface area contributed by atoms with Crippen molar-refractivity contribution in [1.29, 1.82) is 0 Å². The molecule has 1 aliphatic heterocycles. The van der Waals surface area contributed by atoms with Gasteiger partial charge in [0.1, 0.15) is 53.2 Å². The van der Waals surface area contributed by atoms with Crippen LogP contribution in [0.5, 0.6) is 0 Å². The zero-order valence-corrected chi connectivity index (χ0v) is 19.5. The molecular formula is C26H20FN7O3. The zero-order valence-electron chi connectivity index (χ0n) is 19.5. The minimum Gasteiger partial charge on any atom is -0.505 e. The van der Waals surface area contributed by atoms with E-state index in [1.165, 1.54) is 30.9 Å². The van der Waals surface area contributed by atoms with Gasteiger partial charge in [-0.25, -0.2) is 19.0 Å². The number of rotatable bonds is 4. The minimum absolute atomic E-state index is 0.0497. The van der Waals surface area contributed by atoms with Crippen molar-refractivity contribution in [2.24, 2.45) is 4.99 Å². The summed E-state index contributed by atoms with van der Waals surface area (Å²) >= 11 is 0. The lowest BCUT2D eigenvalue weighted by molar-refractivity contribution is 0.439. The van der Waals surface area contributed by atoms with Gasteiger partial charge in [0.05, 0.1) is 23.4 Å². The van der Waals surface area contributed by atoms with Crippen molar-refractivity contribution in [2.75, 3.05) is 17.3 Å². The molecule has 0 spiro atoms. The molecule has 0 bridgehead atoms. The molecule has 1 aliphatic rings. The molecular weight excluding hydrogens is 477 g/mol. The lowest BCUT2D eigenvalue weighted by atomic mass is 9.99. The summed E-state index contributed by atoms with van der Waals surface area (Å²) in [5.41, 5.74) is 7.30. The number of nitrogens with zero attached hydrogens (tertiary/aromatic N) is 6. The number of anilines is 2. The van der Waals surface area contributed by atoms with Gasteiger partial charge in [-0.3, -0.25) is 9.79 Å². The van der Waals surface area contributed by atoms with Gasteiger partial charge in [0, 0.05) is 0 Å². The molecule has 184 valence electrons. The number of nitrogens with two attached hydrogens (primary N) is 1. The summed E-state index contributed by atoms with van der Waals surface area (Å²) in [6.07, 6.45) is 4.13. The van der Waals surface area contributed by atoms with Crippen LogP contribution in [0, 0.1) is 5.82 Å². The average molecular weight is 497 g/mol. The zero-order chi connectivity index (χ0) is 25.7. The molecule has 0 fully saturated rings. The third kappa shape index (κ3) is 3.68. The molecule has 3 aromatic heterocycles. The van der Waals surface area contributed by atoms with Crippen molar-refractivity contribution >= 4 is 39.9 Å². The van der Waals surface area contributed by atoms with Gasteiger partial charge < -0.3 is 20.2 Å². The number of hydrogen-bond acceptors (Lipinski definition) is 9. The summed E-state index contributed by atoms with van der Waals surface area (Å²) in [4.78, 5) is 27.9. The number of halogens is 1. The van der Waals surface area contributed by atoms with Crippen molar-refractivity contribution in [2.45, 2.75) is 13.0 Å². The largest absolute Gasteiger partial charge is 0.505 e. The molecule has 0 aliphatic carbocycles. The first-order valence-electron chi connectivity index (χ1n) is 11.4. The van der Waals surface area contributed by atoms with Crippen LogP contribution in [0.15, 0.2) is 81.0 Å². The maximum atomic E-state index is 14.2. The Kier molecular flexibility index (Phi) is 5.18. The quantitative estimate of drug-likeness (QED) is 0.378. The third-order valence-electron chi connectivity index (χ3n) is 6.20. The number of allylic oxidation sites excluding steroid dienone is 1. The molecule has 2 aromatic carbocycles. The second kappa shape index (κ2) is 8.55. The van der Waals surface area contributed by atoms with Gasteiger partial charge >= 0.3 is 0 Å². The second-order valence-electron chi connectivity index (χ2n) is 8.56. The van der Waals surface area contributed by atoms with Gasteiger partial charge in [0.2, 0.25) is 5.43 Å². The van der Waals surface area contributed by atoms with Gasteiger partial charge in [-0.2, -0.15) is 5.10 Å². The lowest BCUT2D eigenvalue weighted by Gasteiger charge is -2.19. The number of aliphatic hydroxyl groups is 1. The van der Waals surface area contributed by atoms with Crippen LogP contribution in [0.25, 0.3) is 33.1 Å². The lowest BCUT2D eigenvalue weighted by Crippen LogP contribution is -2.22. The van der Waals surface area contributed by atoms with Crippen LogP contribution < -0.4 is 16.1 Å². The number of fused-ring (bicyclic) bond motifs is 2.